The third-order valence-corrected chi connectivity index (χ3v) is 6.18. The lowest BCUT2D eigenvalue weighted by atomic mass is 10.2. The highest BCUT2D eigenvalue weighted by Gasteiger charge is 2.27. The van der Waals surface area contributed by atoms with E-state index in [0.717, 1.165) is 0 Å². The van der Waals surface area contributed by atoms with Gasteiger partial charge in [-0.05, 0) is 58.0 Å². The SMILES string of the molecule is CC(NC(=O)c1c(NC(=O)OC(C)(C)C)nn2cccnc12)c1nc2cccc(Cl)c2c(=O)n1-c1ccccc1. The first-order chi connectivity index (χ1) is 19.0. The highest BCUT2D eigenvalue weighted by Crippen LogP contribution is 2.25. The fraction of sp³-hybridized carbons (Fsp3) is 0.214. The van der Waals surface area contributed by atoms with Crippen molar-refractivity contribution < 1.29 is 14.3 Å². The van der Waals surface area contributed by atoms with Crippen LogP contribution in [0, 0.1) is 0 Å². The Balaban J connectivity index is 1.57. The molecule has 0 bridgehead atoms. The van der Waals surface area contributed by atoms with Crippen LogP contribution >= 0.6 is 11.6 Å². The number of anilines is 1. The summed E-state index contributed by atoms with van der Waals surface area (Å²) in [4.78, 5) is 48.9. The average Bonchev–Trinajstić information content (AvgIpc) is 3.25. The molecule has 0 aliphatic rings. The highest BCUT2D eigenvalue weighted by molar-refractivity contribution is 6.35. The van der Waals surface area contributed by atoms with Gasteiger partial charge in [0.05, 0.1) is 27.7 Å². The number of carbonyl (C=O) groups is 2. The first kappa shape index (κ1) is 26.8. The van der Waals surface area contributed by atoms with E-state index in [1.807, 2.05) is 6.07 Å². The number of amides is 2. The number of para-hydroxylation sites is 1. The zero-order valence-electron chi connectivity index (χ0n) is 22.2. The van der Waals surface area contributed by atoms with Crippen molar-refractivity contribution in [1.29, 1.82) is 0 Å². The first-order valence-electron chi connectivity index (χ1n) is 12.4. The van der Waals surface area contributed by atoms with Gasteiger partial charge in [0.15, 0.2) is 11.5 Å². The van der Waals surface area contributed by atoms with E-state index in [1.165, 1.54) is 15.3 Å². The minimum atomic E-state index is -0.774. The molecule has 0 radical (unpaired) electrons. The molecule has 0 aliphatic carbocycles. The Kier molecular flexibility index (Phi) is 6.99. The van der Waals surface area contributed by atoms with Gasteiger partial charge in [-0.1, -0.05) is 35.9 Å². The number of carbonyl (C=O) groups excluding carboxylic acids is 2. The van der Waals surface area contributed by atoms with Crippen molar-refractivity contribution in [2.24, 2.45) is 0 Å². The van der Waals surface area contributed by atoms with Gasteiger partial charge >= 0.3 is 6.09 Å². The third-order valence-electron chi connectivity index (χ3n) is 5.86. The van der Waals surface area contributed by atoms with E-state index >= 15 is 0 Å². The summed E-state index contributed by atoms with van der Waals surface area (Å²) in [6, 6.07) is 14.9. The lowest BCUT2D eigenvalue weighted by Crippen LogP contribution is -2.34. The summed E-state index contributed by atoms with van der Waals surface area (Å²) in [6.07, 6.45) is 2.34. The molecule has 12 heteroatoms. The fourth-order valence-electron chi connectivity index (χ4n) is 4.24. The average molecular weight is 560 g/mol. The van der Waals surface area contributed by atoms with Crippen LogP contribution in [0.4, 0.5) is 10.6 Å². The van der Waals surface area contributed by atoms with Crippen LogP contribution in [0.2, 0.25) is 5.02 Å². The fourth-order valence-corrected chi connectivity index (χ4v) is 4.49. The minimum absolute atomic E-state index is 0.0238. The Hall–Kier alpha value is -4.77. The van der Waals surface area contributed by atoms with Crippen LogP contribution < -0.4 is 16.2 Å². The molecule has 5 aromatic rings. The number of aromatic nitrogens is 5. The number of halogens is 1. The summed E-state index contributed by atoms with van der Waals surface area (Å²) < 4.78 is 8.14. The van der Waals surface area contributed by atoms with Gasteiger partial charge in [-0.25, -0.2) is 19.3 Å². The number of hydrogen-bond donors (Lipinski definition) is 2. The van der Waals surface area contributed by atoms with E-state index in [9.17, 15) is 14.4 Å². The Morgan fingerprint density at radius 2 is 1.80 bits per heavy atom. The predicted molar refractivity (Wildman–Crippen MR) is 151 cm³/mol. The summed E-state index contributed by atoms with van der Waals surface area (Å²) in [5.41, 5.74) is 0.0635. The molecule has 0 aliphatic heterocycles. The van der Waals surface area contributed by atoms with Crippen LogP contribution in [0.15, 0.2) is 71.8 Å². The Labute approximate surface area is 233 Å². The van der Waals surface area contributed by atoms with E-state index in [1.54, 1.807) is 82.4 Å². The van der Waals surface area contributed by atoms with E-state index in [4.69, 9.17) is 21.3 Å². The normalized spacial score (nSPS) is 12.3. The summed E-state index contributed by atoms with van der Waals surface area (Å²) in [5.74, 6) is -0.339. The number of ether oxygens (including phenoxy) is 1. The van der Waals surface area contributed by atoms with Crippen molar-refractivity contribution in [3.8, 4) is 5.69 Å². The molecule has 1 unspecified atom stereocenters. The lowest BCUT2D eigenvalue weighted by Gasteiger charge is -2.20. The largest absolute Gasteiger partial charge is 0.444 e. The molecular formula is C28H26ClN7O4. The van der Waals surface area contributed by atoms with Gasteiger partial charge in [0.25, 0.3) is 11.5 Å². The van der Waals surface area contributed by atoms with Crippen LogP contribution in [0.1, 0.15) is 49.9 Å². The first-order valence-corrected chi connectivity index (χ1v) is 12.8. The van der Waals surface area contributed by atoms with E-state index in [0.29, 0.717) is 11.2 Å². The molecule has 3 heterocycles. The molecule has 40 heavy (non-hydrogen) atoms. The number of rotatable bonds is 5. The van der Waals surface area contributed by atoms with Crippen molar-refractivity contribution in [2.45, 2.75) is 39.3 Å². The summed E-state index contributed by atoms with van der Waals surface area (Å²) in [5, 5.41) is 10.3. The molecule has 0 fully saturated rings. The molecule has 0 spiro atoms. The zero-order chi connectivity index (χ0) is 28.6. The Bertz CT molecular complexity index is 1810. The van der Waals surface area contributed by atoms with Crippen LogP contribution in [0.5, 0.6) is 0 Å². The Morgan fingerprint density at radius 1 is 1.05 bits per heavy atom. The molecule has 11 nitrogen and oxygen atoms in total. The standard InChI is InChI=1S/C28H26ClN7O4/c1-16(23-32-19-13-8-12-18(29)20(19)26(38)36(23)17-10-6-5-7-11-17)31-25(37)21-22(33-27(39)40-28(2,3)4)34-35-15-9-14-30-24(21)35/h5-16H,1-4H3,(H,31,37)(H,33,34,39). The van der Waals surface area contributed by atoms with Crippen LogP contribution in [-0.4, -0.2) is 41.8 Å². The molecule has 2 amide bonds. The molecule has 2 N–H and O–H groups in total. The third kappa shape index (κ3) is 5.23. The number of hydrogen-bond acceptors (Lipinski definition) is 7. The van der Waals surface area contributed by atoms with Gasteiger partial charge in [0.1, 0.15) is 17.0 Å². The van der Waals surface area contributed by atoms with E-state index in [2.05, 4.69) is 20.7 Å². The van der Waals surface area contributed by atoms with Crippen molar-refractivity contribution in [3.05, 3.63) is 93.8 Å². The lowest BCUT2D eigenvalue weighted by molar-refractivity contribution is 0.0635. The number of benzene rings is 2. The molecule has 204 valence electrons. The number of nitrogens with one attached hydrogen (secondary N) is 2. The van der Waals surface area contributed by atoms with Crippen molar-refractivity contribution in [3.63, 3.8) is 0 Å². The van der Waals surface area contributed by atoms with Crippen molar-refractivity contribution >= 4 is 46.0 Å². The van der Waals surface area contributed by atoms with Gasteiger partial charge in [0.2, 0.25) is 0 Å². The summed E-state index contributed by atoms with van der Waals surface area (Å²) >= 11 is 6.38. The molecule has 5 rings (SSSR count). The van der Waals surface area contributed by atoms with E-state index < -0.39 is 23.6 Å². The molecule has 0 saturated heterocycles. The molecular weight excluding hydrogens is 534 g/mol. The van der Waals surface area contributed by atoms with Crippen LogP contribution in [0.3, 0.4) is 0 Å². The van der Waals surface area contributed by atoms with E-state index in [-0.39, 0.29) is 38.8 Å². The second-order valence-corrected chi connectivity index (χ2v) is 10.4. The minimum Gasteiger partial charge on any atom is -0.444 e. The zero-order valence-corrected chi connectivity index (χ0v) is 22.9. The predicted octanol–water partition coefficient (Wildman–Crippen LogP) is 4.92. The highest BCUT2D eigenvalue weighted by atomic mass is 35.5. The van der Waals surface area contributed by atoms with Gasteiger partial charge in [-0.2, -0.15) is 0 Å². The second-order valence-electron chi connectivity index (χ2n) is 10.0. The topological polar surface area (TPSA) is 133 Å². The number of nitrogens with zero attached hydrogens (tertiary/aromatic N) is 5. The molecule has 3 aromatic heterocycles. The maximum Gasteiger partial charge on any atom is 0.413 e. The second kappa shape index (κ2) is 10.4. The van der Waals surface area contributed by atoms with Crippen molar-refractivity contribution in [2.75, 3.05) is 5.32 Å². The number of fused-ring (bicyclic) bond motifs is 2. The molecule has 0 saturated carbocycles. The van der Waals surface area contributed by atoms with Gasteiger partial charge in [-0.15, -0.1) is 5.10 Å². The van der Waals surface area contributed by atoms with Crippen molar-refractivity contribution in [1.82, 2.24) is 29.5 Å². The smallest absolute Gasteiger partial charge is 0.413 e. The van der Waals surface area contributed by atoms with Crippen LogP contribution in [-0.2, 0) is 4.74 Å². The Morgan fingerprint density at radius 3 is 2.52 bits per heavy atom. The van der Waals surface area contributed by atoms with Gasteiger partial charge in [-0.3, -0.25) is 19.5 Å². The van der Waals surface area contributed by atoms with Crippen LogP contribution in [0.25, 0.3) is 22.2 Å². The van der Waals surface area contributed by atoms with Gasteiger partial charge < -0.3 is 10.1 Å². The summed E-state index contributed by atoms with van der Waals surface area (Å²) in [7, 11) is 0. The molecule has 2 aromatic carbocycles. The quantitative estimate of drug-likeness (QED) is 0.312. The maximum absolute atomic E-state index is 13.7. The molecule has 1 atom stereocenters. The summed E-state index contributed by atoms with van der Waals surface area (Å²) in [6.45, 7) is 6.88. The maximum atomic E-state index is 13.7. The van der Waals surface area contributed by atoms with Gasteiger partial charge in [0, 0.05) is 12.4 Å². The monoisotopic (exact) mass is 559 g/mol.